The van der Waals surface area contributed by atoms with Gasteiger partial charge in [0, 0.05) is 67.9 Å². The lowest BCUT2D eigenvalue weighted by Crippen LogP contribution is -2.43. The number of carbonyl (C=O) groups excluding carboxylic acids is 4. The average molecular weight is 930 g/mol. The van der Waals surface area contributed by atoms with Gasteiger partial charge in [-0.1, -0.05) is 71.9 Å². The molecule has 0 radical (unpaired) electrons. The number of phenolic OH excluding ortho intramolecular Hbond substituents is 2. The standard InChI is InChI=1S/C52H75N5O10/c1-30(2)29-57-25-22-52(23-26-57)54-43-41-40-37(58)19-13-12-17-32(4)49(67-39(60)21-20-38(59)66-27-15-24-56(9)10)35(7)46(61)34(6)28-31(3)16-14-18-33(5)51(64)53-45(44(43)55-52)48(63)42(41)47(62)36(8)50(40)65-11/h12-14,16,18,30-32,34-35,46,49,61-63H,15,17,19-29H2,1-11H3,(H,53,64)/b13-12+,16-14+,33-18-/t31-,32+,34+,35+,46+,49+/m0/s1. The number of allylic oxidation sites excluding steroid dienone is 5. The number of ketones is 1. The minimum absolute atomic E-state index is 0.00361. The third-order valence-electron chi connectivity index (χ3n) is 13.4. The number of carbonyl (C=O) groups is 4. The molecule has 1 saturated heterocycles. The van der Waals surface area contributed by atoms with Gasteiger partial charge in [-0.2, -0.15) is 0 Å². The van der Waals surface area contributed by atoms with Gasteiger partial charge in [-0.05, 0) is 70.9 Å². The zero-order chi connectivity index (χ0) is 49.3. The van der Waals surface area contributed by atoms with Gasteiger partial charge in [0.1, 0.15) is 28.6 Å². The van der Waals surface area contributed by atoms with Gasteiger partial charge in [0.05, 0.1) is 49.0 Å². The van der Waals surface area contributed by atoms with Crippen LogP contribution in [0, 0.1) is 36.5 Å². The lowest BCUT2D eigenvalue weighted by molar-refractivity contribution is -0.161. The molecule has 67 heavy (non-hydrogen) atoms. The number of aliphatic hydroxyl groups is 1. The number of aliphatic hydroxyl groups excluding tert-OH is 1. The predicted molar refractivity (Wildman–Crippen MR) is 259 cm³/mol. The Morgan fingerprint density at radius 3 is 2.28 bits per heavy atom. The van der Waals surface area contributed by atoms with Gasteiger partial charge in [-0.3, -0.25) is 29.2 Å². The van der Waals surface area contributed by atoms with Crippen LogP contribution in [0.15, 0.2) is 45.9 Å². The van der Waals surface area contributed by atoms with Crippen LogP contribution in [0.4, 0.5) is 5.69 Å². The van der Waals surface area contributed by atoms with Crippen LogP contribution in [0.1, 0.15) is 116 Å². The quantitative estimate of drug-likeness (QED) is 0.0804. The van der Waals surface area contributed by atoms with E-state index < -0.39 is 47.4 Å². The molecule has 0 unspecified atom stereocenters. The molecule has 15 heteroatoms. The molecule has 15 nitrogen and oxygen atoms in total. The summed E-state index contributed by atoms with van der Waals surface area (Å²) in [4.78, 5) is 69.2. The molecule has 6 atom stereocenters. The second kappa shape index (κ2) is 23.3. The largest absolute Gasteiger partial charge is 0.507 e. The van der Waals surface area contributed by atoms with Gasteiger partial charge in [-0.25, -0.2) is 0 Å². The summed E-state index contributed by atoms with van der Waals surface area (Å²) in [5.41, 5.74) is -0.259. The van der Waals surface area contributed by atoms with Crippen LogP contribution >= 0.6 is 0 Å². The number of Topliss-reactive ketones (excluding diaryl/α,β-unsaturated/α-hetero) is 1. The van der Waals surface area contributed by atoms with Gasteiger partial charge in [0.25, 0.3) is 5.91 Å². The van der Waals surface area contributed by atoms with Gasteiger partial charge in [0.15, 0.2) is 17.2 Å². The molecule has 3 aliphatic rings. The van der Waals surface area contributed by atoms with Crippen LogP contribution in [0.2, 0.25) is 0 Å². The van der Waals surface area contributed by atoms with Crippen molar-refractivity contribution in [1.82, 2.24) is 9.80 Å². The molecular weight excluding hydrogens is 855 g/mol. The van der Waals surface area contributed by atoms with Crippen molar-refractivity contribution in [3.63, 3.8) is 0 Å². The van der Waals surface area contributed by atoms with Crippen molar-refractivity contribution in [2.75, 3.05) is 59.3 Å². The smallest absolute Gasteiger partial charge is 0.306 e. The van der Waals surface area contributed by atoms with E-state index in [0.29, 0.717) is 43.6 Å². The minimum atomic E-state index is -0.925. The Kier molecular flexibility index (Phi) is 18.3. The molecule has 2 bridgehead atoms. The number of amides is 1. The lowest BCUT2D eigenvalue weighted by Gasteiger charge is -2.36. The molecule has 2 aromatic carbocycles. The Labute approximate surface area is 396 Å². The molecule has 4 N–H and O–H groups in total. The summed E-state index contributed by atoms with van der Waals surface area (Å²) in [7, 11) is 5.29. The topological polar surface area (TPSA) is 200 Å². The fourth-order valence-corrected chi connectivity index (χ4v) is 9.64. The Bertz CT molecular complexity index is 2360. The first-order valence-corrected chi connectivity index (χ1v) is 24.0. The highest BCUT2D eigenvalue weighted by molar-refractivity contribution is 6.16. The van der Waals surface area contributed by atoms with E-state index in [1.165, 1.54) is 7.11 Å². The number of methoxy groups -OCH3 is 1. The third-order valence-corrected chi connectivity index (χ3v) is 13.4. The van der Waals surface area contributed by atoms with Crippen molar-refractivity contribution >= 4 is 40.1 Å². The molecule has 0 aliphatic carbocycles. The Balaban J connectivity index is 1.57. The molecule has 2 aromatic rings. The molecule has 368 valence electrons. The molecule has 1 amide bonds. The summed E-state index contributed by atoms with van der Waals surface area (Å²) in [6, 6.07) is 0. The monoisotopic (exact) mass is 930 g/mol. The number of nitrogens with zero attached hydrogens (tertiary/aromatic N) is 4. The summed E-state index contributed by atoms with van der Waals surface area (Å²) in [5.74, 6) is -3.13. The molecule has 0 aromatic heterocycles. The lowest BCUT2D eigenvalue weighted by atomic mass is 9.80. The number of aromatic hydroxyl groups is 2. The number of hydrogen-bond acceptors (Lipinski definition) is 14. The number of hydrogen-bond donors (Lipinski definition) is 4. The summed E-state index contributed by atoms with van der Waals surface area (Å²) >= 11 is 0. The number of ether oxygens (including phenoxy) is 3. The van der Waals surface area contributed by atoms with Crippen LogP contribution in [0.3, 0.4) is 0 Å². The summed E-state index contributed by atoms with van der Waals surface area (Å²) in [6.07, 6.45) is 9.74. The van der Waals surface area contributed by atoms with Gasteiger partial charge in [-0.15, -0.1) is 0 Å². The van der Waals surface area contributed by atoms with Crippen molar-refractivity contribution in [1.29, 1.82) is 0 Å². The van der Waals surface area contributed by atoms with Crippen LogP contribution < -0.4 is 20.8 Å². The van der Waals surface area contributed by atoms with E-state index in [1.807, 2.05) is 58.8 Å². The highest BCUT2D eigenvalue weighted by atomic mass is 16.5. The Morgan fingerprint density at radius 2 is 1.63 bits per heavy atom. The summed E-state index contributed by atoms with van der Waals surface area (Å²) in [6.45, 7) is 18.7. The number of piperidine rings is 1. The number of phenols is 2. The van der Waals surface area contributed by atoms with Crippen molar-refractivity contribution in [2.24, 2.45) is 39.6 Å². The minimum Gasteiger partial charge on any atom is -0.507 e. The highest BCUT2D eigenvalue weighted by Gasteiger charge is 2.40. The molecule has 0 saturated carbocycles. The van der Waals surface area contributed by atoms with E-state index in [9.17, 15) is 34.5 Å². The second-order valence-corrected chi connectivity index (χ2v) is 19.8. The SMILES string of the molecule is COc1c(C)c(O)c2c(O)c3c4c(c2c1C(=O)C/C=C/C[C@@H](C)[C@@H](OC(=O)CCC(=O)OCCCN(C)C)[C@H](C)[C@H](O)[C@H](C)C[C@@H](C)/C=C/C=C(/C)C(=O)N3)=NC1(CCN(CC(C)C)CC1)N=4. The van der Waals surface area contributed by atoms with E-state index >= 15 is 0 Å². The van der Waals surface area contributed by atoms with Gasteiger partial charge < -0.3 is 44.6 Å². The number of likely N-dealkylation sites (tertiary alicyclic amines) is 1. The van der Waals surface area contributed by atoms with Crippen molar-refractivity contribution < 1.29 is 48.7 Å². The number of nitrogens with one attached hydrogen (secondary N) is 1. The maximum Gasteiger partial charge on any atom is 0.306 e. The normalized spacial score (nSPS) is 25.9. The van der Waals surface area contributed by atoms with Crippen LogP contribution in [0.5, 0.6) is 17.2 Å². The fourth-order valence-electron chi connectivity index (χ4n) is 9.64. The predicted octanol–water partition coefficient (Wildman–Crippen LogP) is 6.72. The molecule has 1 fully saturated rings. The van der Waals surface area contributed by atoms with Gasteiger partial charge >= 0.3 is 11.9 Å². The first-order chi connectivity index (χ1) is 31.7. The average Bonchev–Trinajstić information content (AvgIpc) is 3.65. The van der Waals surface area contributed by atoms with Crippen molar-refractivity contribution in [3.8, 4) is 17.2 Å². The summed E-state index contributed by atoms with van der Waals surface area (Å²) in [5, 5.41) is 39.3. The number of rotatable bonds is 11. The zero-order valence-corrected chi connectivity index (χ0v) is 41.6. The highest BCUT2D eigenvalue weighted by Crippen LogP contribution is 2.45. The maximum atomic E-state index is 14.7. The van der Waals surface area contributed by atoms with Crippen LogP contribution in [0.25, 0.3) is 10.8 Å². The Hall–Kier alpha value is -5.12. The molecular formula is C52H75N5O10. The molecule has 3 heterocycles. The zero-order valence-electron chi connectivity index (χ0n) is 41.6. The first-order valence-electron chi connectivity index (χ1n) is 24.0. The number of anilines is 1. The van der Waals surface area contributed by atoms with Crippen molar-refractivity contribution in [2.45, 2.75) is 125 Å². The number of benzene rings is 2. The van der Waals surface area contributed by atoms with E-state index in [1.54, 1.807) is 32.1 Å². The fraction of sp³-hybridized carbons (Fsp3) is 0.615. The van der Waals surface area contributed by atoms with Crippen LogP contribution in [-0.2, 0) is 23.9 Å². The van der Waals surface area contributed by atoms with E-state index in [-0.39, 0.29) is 99.2 Å². The third kappa shape index (κ3) is 12.9. The number of esters is 2. The van der Waals surface area contributed by atoms with E-state index in [2.05, 4.69) is 24.1 Å². The first kappa shape index (κ1) is 52.8. The van der Waals surface area contributed by atoms with E-state index in [0.717, 1.165) is 26.2 Å². The van der Waals surface area contributed by atoms with E-state index in [4.69, 9.17) is 24.2 Å². The molecule has 3 aliphatic heterocycles. The molecule has 1 spiro atoms. The van der Waals surface area contributed by atoms with Gasteiger partial charge in [0.2, 0.25) is 0 Å². The second-order valence-electron chi connectivity index (χ2n) is 19.8. The maximum absolute atomic E-state index is 14.7. The summed E-state index contributed by atoms with van der Waals surface area (Å²) < 4.78 is 17.3. The molecule has 5 rings (SSSR count). The van der Waals surface area contributed by atoms with Crippen LogP contribution in [-0.4, -0.2) is 121 Å². The van der Waals surface area contributed by atoms with Crippen molar-refractivity contribution in [3.05, 3.63) is 57.8 Å². The Morgan fingerprint density at radius 1 is 0.955 bits per heavy atom.